The number of carbonyl (C=O) groups is 2. The van der Waals surface area contributed by atoms with Crippen molar-refractivity contribution in [3.63, 3.8) is 0 Å². The minimum atomic E-state index is -0.774. The standard InChI is InChI=1S/C20H23N3O3S/c1-14-16-12-17(19(26)21-11-7-3-6-10-18(24)25)27-20(16)23(22-14)13-15-8-4-2-5-9-15/h2,4-5,8-9,12H,3,6-7,10-11,13H2,1H3,(H,21,26)(H,24,25). The minimum absolute atomic E-state index is 0.0832. The lowest BCUT2D eigenvalue weighted by Gasteiger charge is -2.04. The van der Waals surface area contributed by atoms with E-state index < -0.39 is 5.97 Å². The molecule has 6 nitrogen and oxygen atoms in total. The van der Waals surface area contributed by atoms with Gasteiger partial charge in [0.05, 0.1) is 17.1 Å². The molecule has 0 aliphatic rings. The number of nitrogens with zero attached hydrogens (tertiary/aromatic N) is 2. The van der Waals surface area contributed by atoms with E-state index in [0.29, 0.717) is 24.4 Å². The van der Waals surface area contributed by atoms with Crippen LogP contribution in [0.3, 0.4) is 0 Å². The summed E-state index contributed by atoms with van der Waals surface area (Å²) in [5.41, 5.74) is 2.09. The van der Waals surface area contributed by atoms with E-state index in [9.17, 15) is 9.59 Å². The second kappa shape index (κ2) is 8.81. The quantitative estimate of drug-likeness (QED) is 0.548. The number of benzene rings is 1. The summed E-state index contributed by atoms with van der Waals surface area (Å²) < 4.78 is 1.95. The Kier molecular flexibility index (Phi) is 6.24. The summed E-state index contributed by atoms with van der Waals surface area (Å²) in [4.78, 5) is 24.6. The van der Waals surface area contributed by atoms with Crippen LogP contribution in [0.25, 0.3) is 10.2 Å². The average molecular weight is 385 g/mol. The van der Waals surface area contributed by atoms with E-state index in [1.165, 1.54) is 16.9 Å². The number of rotatable bonds is 9. The van der Waals surface area contributed by atoms with Crippen molar-refractivity contribution in [2.24, 2.45) is 0 Å². The zero-order valence-corrected chi connectivity index (χ0v) is 16.1. The summed E-state index contributed by atoms with van der Waals surface area (Å²) in [5.74, 6) is -0.857. The van der Waals surface area contributed by atoms with Crippen molar-refractivity contribution < 1.29 is 14.7 Å². The number of unbranched alkanes of at least 4 members (excludes halogenated alkanes) is 2. The predicted octanol–water partition coefficient (Wildman–Crippen LogP) is 3.83. The van der Waals surface area contributed by atoms with Crippen LogP contribution in [0, 0.1) is 6.92 Å². The summed E-state index contributed by atoms with van der Waals surface area (Å²) in [7, 11) is 0. The maximum absolute atomic E-state index is 12.4. The topological polar surface area (TPSA) is 84.2 Å². The molecule has 0 aliphatic carbocycles. The van der Waals surface area contributed by atoms with Gasteiger partial charge in [-0.15, -0.1) is 11.3 Å². The first-order chi connectivity index (χ1) is 13.0. The molecule has 3 rings (SSSR count). The normalized spacial score (nSPS) is 11.0. The second-order valence-corrected chi connectivity index (χ2v) is 7.55. The number of aryl methyl sites for hydroxylation is 1. The molecule has 2 N–H and O–H groups in total. The summed E-state index contributed by atoms with van der Waals surface area (Å²) >= 11 is 1.46. The predicted molar refractivity (Wildman–Crippen MR) is 106 cm³/mol. The molecule has 2 aromatic heterocycles. The van der Waals surface area contributed by atoms with E-state index in [2.05, 4.69) is 22.5 Å². The average Bonchev–Trinajstić information content (AvgIpc) is 3.20. The molecule has 0 saturated heterocycles. The first kappa shape index (κ1) is 19.1. The Morgan fingerprint density at radius 1 is 1.19 bits per heavy atom. The van der Waals surface area contributed by atoms with Crippen LogP contribution in [0.1, 0.15) is 46.6 Å². The molecular weight excluding hydrogens is 362 g/mol. The molecule has 0 bridgehead atoms. The van der Waals surface area contributed by atoms with Gasteiger partial charge in [-0.1, -0.05) is 36.8 Å². The van der Waals surface area contributed by atoms with Crippen LogP contribution in [0.15, 0.2) is 36.4 Å². The van der Waals surface area contributed by atoms with E-state index in [1.54, 1.807) is 0 Å². The second-order valence-electron chi connectivity index (χ2n) is 6.52. The number of hydrogen-bond acceptors (Lipinski definition) is 4. The van der Waals surface area contributed by atoms with Crippen LogP contribution in [0.2, 0.25) is 0 Å². The van der Waals surface area contributed by atoms with Gasteiger partial charge in [0.25, 0.3) is 5.91 Å². The van der Waals surface area contributed by atoms with E-state index in [4.69, 9.17) is 5.11 Å². The molecule has 1 aromatic carbocycles. The molecule has 0 saturated carbocycles. The molecule has 7 heteroatoms. The first-order valence-electron chi connectivity index (χ1n) is 9.05. The summed E-state index contributed by atoms with van der Waals surface area (Å²) in [6.45, 7) is 3.19. The van der Waals surface area contributed by atoms with Gasteiger partial charge < -0.3 is 10.4 Å². The number of aromatic nitrogens is 2. The van der Waals surface area contributed by atoms with Crippen molar-refractivity contribution >= 4 is 33.4 Å². The number of carboxylic acids is 1. The van der Waals surface area contributed by atoms with Gasteiger partial charge in [0.15, 0.2) is 0 Å². The highest BCUT2D eigenvalue weighted by Crippen LogP contribution is 2.28. The number of carboxylic acid groups (broad SMARTS) is 1. The van der Waals surface area contributed by atoms with Crippen LogP contribution in [0.4, 0.5) is 0 Å². The van der Waals surface area contributed by atoms with Crippen molar-refractivity contribution in [2.45, 2.75) is 39.2 Å². The minimum Gasteiger partial charge on any atom is -0.481 e. The molecule has 0 radical (unpaired) electrons. The smallest absolute Gasteiger partial charge is 0.303 e. The fourth-order valence-electron chi connectivity index (χ4n) is 2.96. The zero-order chi connectivity index (χ0) is 19.2. The molecule has 0 aliphatic heterocycles. The number of fused-ring (bicyclic) bond motifs is 1. The summed E-state index contributed by atoms with van der Waals surface area (Å²) in [6.07, 6.45) is 2.40. The lowest BCUT2D eigenvalue weighted by molar-refractivity contribution is -0.137. The van der Waals surface area contributed by atoms with E-state index in [0.717, 1.165) is 28.8 Å². The monoisotopic (exact) mass is 385 g/mol. The molecule has 1 amide bonds. The molecule has 142 valence electrons. The lowest BCUT2D eigenvalue weighted by Crippen LogP contribution is -2.23. The lowest BCUT2D eigenvalue weighted by atomic mass is 10.2. The Morgan fingerprint density at radius 3 is 2.70 bits per heavy atom. The van der Waals surface area contributed by atoms with Gasteiger partial charge in [-0.3, -0.25) is 14.3 Å². The molecule has 0 fully saturated rings. The molecule has 0 atom stereocenters. The van der Waals surface area contributed by atoms with Gasteiger partial charge in [-0.2, -0.15) is 5.10 Å². The van der Waals surface area contributed by atoms with Gasteiger partial charge >= 0.3 is 5.97 Å². The van der Waals surface area contributed by atoms with Crippen LogP contribution < -0.4 is 5.32 Å². The van der Waals surface area contributed by atoms with Gasteiger partial charge in [-0.05, 0) is 31.4 Å². The number of aliphatic carboxylic acids is 1. The highest BCUT2D eigenvalue weighted by molar-refractivity contribution is 7.20. The van der Waals surface area contributed by atoms with Gasteiger partial charge in [-0.25, -0.2) is 0 Å². The molecule has 0 spiro atoms. The Labute approximate surface area is 161 Å². The van der Waals surface area contributed by atoms with E-state index in [1.807, 2.05) is 35.9 Å². The Balaban J connectivity index is 1.61. The fourth-order valence-corrected chi connectivity index (χ4v) is 4.03. The maximum Gasteiger partial charge on any atom is 0.303 e. The number of carbonyl (C=O) groups excluding carboxylic acids is 1. The van der Waals surface area contributed by atoms with Crippen molar-refractivity contribution in [1.29, 1.82) is 0 Å². The molecule has 27 heavy (non-hydrogen) atoms. The highest BCUT2D eigenvalue weighted by Gasteiger charge is 2.16. The first-order valence-corrected chi connectivity index (χ1v) is 9.87. The third kappa shape index (κ3) is 4.95. The maximum atomic E-state index is 12.4. The largest absolute Gasteiger partial charge is 0.481 e. The van der Waals surface area contributed by atoms with E-state index in [-0.39, 0.29) is 12.3 Å². The number of amides is 1. The van der Waals surface area contributed by atoms with Gasteiger partial charge in [0, 0.05) is 18.4 Å². The van der Waals surface area contributed by atoms with Crippen molar-refractivity contribution in [3.05, 3.63) is 52.5 Å². The Bertz CT molecular complexity index is 931. The third-order valence-electron chi connectivity index (χ3n) is 4.36. The number of nitrogens with one attached hydrogen (secondary N) is 1. The SMILES string of the molecule is Cc1nn(Cc2ccccc2)c2sc(C(=O)NCCCCCC(=O)O)cc12. The van der Waals surface area contributed by atoms with Gasteiger partial charge in [0.1, 0.15) is 4.83 Å². The van der Waals surface area contributed by atoms with Crippen molar-refractivity contribution in [3.8, 4) is 0 Å². The summed E-state index contributed by atoms with van der Waals surface area (Å²) in [6, 6.07) is 12.0. The summed E-state index contributed by atoms with van der Waals surface area (Å²) in [5, 5.41) is 17.2. The number of thiophene rings is 1. The number of hydrogen-bond donors (Lipinski definition) is 2. The van der Waals surface area contributed by atoms with Crippen molar-refractivity contribution in [1.82, 2.24) is 15.1 Å². The van der Waals surface area contributed by atoms with Gasteiger partial charge in [0.2, 0.25) is 0 Å². The molecule has 2 heterocycles. The van der Waals surface area contributed by atoms with Crippen LogP contribution in [0.5, 0.6) is 0 Å². The molecule has 0 unspecified atom stereocenters. The third-order valence-corrected chi connectivity index (χ3v) is 5.51. The molecular formula is C20H23N3O3S. The van der Waals surface area contributed by atoms with Crippen molar-refractivity contribution in [2.75, 3.05) is 6.54 Å². The highest BCUT2D eigenvalue weighted by atomic mass is 32.1. The van der Waals surface area contributed by atoms with Crippen LogP contribution >= 0.6 is 11.3 Å². The van der Waals surface area contributed by atoms with E-state index >= 15 is 0 Å². The Hall–Kier alpha value is -2.67. The van der Waals surface area contributed by atoms with Crippen LogP contribution in [-0.2, 0) is 11.3 Å². The fraction of sp³-hybridized carbons (Fsp3) is 0.350. The zero-order valence-electron chi connectivity index (χ0n) is 15.3. The Morgan fingerprint density at radius 2 is 1.96 bits per heavy atom. The molecule has 3 aromatic rings. The van der Waals surface area contributed by atoms with Crippen LogP contribution in [-0.4, -0.2) is 33.3 Å².